The summed E-state index contributed by atoms with van der Waals surface area (Å²) in [5.74, 6) is -0.510. The number of benzene rings is 1. The van der Waals surface area contributed by atoms with Gasteiger partial charge in [0.2, 0.25) is 11.8 Å². The Bertz CT molecular complexity index is 866. The third-order valence-corrected chi connectivity index (χ3v) is 5.22. The smallest absolute Gasteiger partial charge is 0.240 e. The van der Waals surface area contributed by atoms with Crippen LogP contribution in [0, 0.1) is 5.92 Å². The third-order valence-electron chi connectivity index (χ3n) is 3.90. The van der Waals surface area contributed by atoms with E-state index in [1.165, 1.54) is 0 Å². The van der Waals surface area contributed by atoms with Gasteiger partial charge in [0.15, 0.2) is 0 Å². The largest absolute Gasteiger partial charge is 0.325 e. The molecule has 0 bridgehead atoms. The summed E-state index contributed by atoms with van der Waals surface area (Å²) in [6.07, 6.45) is 3.49. The number of nitrogens with one attached hydrogen (secondary N) is 2. The Labute approximate surface area is 153 Å². The van der Waals surface area contributed by atoms with Crippen molar-refractivity contribution < 1.29 is 13.8 Å². The van der Waals surface area contributed by atoms with Crippen LogP contribution in [0.3, 0.4) is 0 Å². The normalized spacial score (nSPS) is 17.8. The maximum Gasteiger partial charge on any atom is 0.240 e. The van der Waals surface area contributed by atoms with Crippen LogP contribution in [0.25, 0.3) is 0 Å². The number of hydrogen-bond acceptors (Lipinski definition) is 5. The summed E-state index contributed by atoms with van der Waals surface area (Å²) in [5.41, 5.74) is 4.79. The van der Waals surface area contributed by atoms with Gasteiger partial charge in [0.1, 0.15) is 5.75 Å². The Morgan fingerprint density at radius 2 is 1.92 bits per heavy atom. The van der Waals surface area contributed by atoms with E-state index in [2.05, 4.69) is 20.8 Å². The van der Waals surface area contributed by atoms with Crippen LogP contribution in [0.4, 0.5) is 5.69 Å². The summed E-state index contributed by atoms with van der Waals surface area (Å²) in [4.78, 5) is 27.8. The number of carbonyl (C=O) groups excluding carboxylic acids is 2. The highest BCUT2D eigenvalue weighted by Crippen LogP contribution is 2.18. The second-order valence-corrected chi connectivity index (χ2v) is 7.39. The third kappa shape index (κ3) is 4.40. The number of nitrogens with zero attached hydrogens (tertiary/aromatic N) is 2. The fraction of sp³-hybridized carbons (Fsp3) is 0.222. The van der Waals surface area contributed by atoms with Crippen molar-refractivity contribution >= 4 is 34.0 Å². The van der Waals surface area contributed by atoms with Crippen LogP contribution >= 0.6 is 0 Å². The first-order valence-corrected chi connectivity index (χ1v) is 9.40. The monoisotopic (exact) mass is 370 g/mol. The molecule has 26 heavy (non-hydrogen) atoms. The lowest BCUT2D eigenvalue weighted by Crippen LogP contribution is -2.31. The molecule has 1 aromatic carbocycles. The minimum absolute atomic E-state index is 0.0342. The molecule has 0 saturated carbocycles. The predicted molar refractivity (Wildman–Crippen MR) is 99.0 cm³/mol. The molecule has 2 unspecified atom stereocenters. The van der Waals surface area contributed by atoms with E-state index in [-0.39, 0.29) is 23.5 Å². The molecule has 8 heteroatoms. The second-order valence-electron chi connectivity index (χ2n) is 5.94. The van der Waals surface area contributed by atoms with Gasteiger partial charge in [-0.3, -0.25) is 18.8 Å². The van der Waals surface area contributed by atoms with Crippen LogP contribution in [0.5, 0.6) is 0 Å². The zero-order valence-electron chi connectivity index (χ0n) is 14.1. The molecular formula is C18H18N4O3S. The first-order chi connectivity index (χ1) is 12.5. The molecule has 1 aliphatic heterocycles. The summed E-state index contributed by atoms with van der Waals surface area (Å²) in [6, 6.07) is 10.4. The Hall–Kier alpha value is -2.87. The molecule has 2 atom stereocenters. The van der Waals surface area contributed by atoms with Gasteiger partial charge in [-0.1, -0.05) is 19.1 Å². The van der Waals surface area contributed by atoms with Gasteiger partial charge >= 0.3 is 0 Å². The zero-order valence-corrected chi connectivity index (χ0v) is 15.0. The molecule has 2 N–H and O–H groups in total. The minimum atomic E-state index is -1.41. The molecule has 1 aromatic heterocycles. The molecular weight excluding hydrogens is 352 g/mol. The number of carbonyl (C=O) groups is 2. The number of rotatable bonds is 5. The van der Waals surface area contributed by atoms with Gasteiger partial charge in [0, 0.05) is 35.3 Å². The van der Waals surface area contributed by atoms with Gasteiger partial charge in [-0.2, -0.15) is 5.10 Å². The maximum atomic E-state index is 12.1. The average Bonchev–Trinajstić information content (AvgIpc) is 2.63. The standard InChI is InChI=1S/C18H18N4O3S/c1-12-10-16(23)21-22-18(12)13-2-4-14(5-3-13)20-17(24)11-26(25)15-6-8-19-9-7-15/h2-9,12H,10-11H2,1H3,(H,20,24)(H,21,23). The van der Waals surface area contributed by atoms with Crippen LogP contribution in [0.2, 0.25) is 0 Å². The van der Waals surface area contributed by atoms with Crippen LogP contribution in [0.1, 0.15) is 18.9 Å². The van der Waals surface area contributed by atoms with E-state index in [1.807, 2.05) is 19.1 Å². The zero-order chi connectivity index (χ0) is 18.5. The molecule has 0 saturated heterocycles. The fourth-order valence-electron chi connectivity index (χ4n) is 2.62. The van der Waals surface area contributed by atoms with Gasteiger partial charge in [0.25, 0.3) is 0 Å². The van der Waals surface area contributed by atoms with Gasteiger partial charge < -0.3 is 5.32 Å². The van der Waals surface area contributed by atoms with E-state index >= 15 is 0 Å². The van der Waals surface area contributed by atoms with Crippen molar-refractivity contribution in [3.63, 3.8) is 0 Å². The lowest BCUT2D eigenvalue weighted by Gasteiger charge is -2.19. The summed E-state index contributed by atoms with van der Waals surface area (Å²) >= 11 is 0. The van der Waals surface area contributed by atoms with Crippen molar-refractivity contribution in [1.82, 2.24) is 10.4 Å². The quantitative estimate of drug-likeness (QED) is 0.836. The number of aromatic nitrogens is 1. The molecule has 1 aliphatic rings. The Morgan fingerprint density at radius 3 is 2.58 bits per heavy atom. The fourth-order valence-corrected chi connectivity index (χ4v) is 3.52. The molecule has 7 nitrogen and oxygen atoms in total. The van der Waals surface area contributed by atoms with Crippen molar-refractivity contribution in [2.75, 3.05) is 11.1 Å². The van der Waals surface area contributed by atoms with E-state index in [1.54, 1.807) is 36.7 Å². The number of anilines is 1. The number of hydrazone groups is 1. The molecule has 0 radical (unpaired) electrons. The molecule has 0 aliphatic carbocycles. The van der Waals surface area contributed by atoms with Crippen molar-refractivity contribution in [1.29, 1.82) is 0 Å². The van der Waals surface area contributed by atoms with Crippen LogP contribution in [0.15, 0.2) is 58.8 Å². The Kier molecular flexibility index (Phi) is 5.52. The SMILES string of the molecule is CC1CC(=O)NN=C1c1ccc(NC(=O)CS(=O)c2ccncc2)cc1. The number of hydrogen-bond donors (Lipinski definition) is 2. The van der Waals surface area contributed by atoms with E-state index < -0.39 is 10.8 Å². The van der Waals surface area contributed by atoms with Crippen molar-refractivity contribution in [3.05, 3.63) is 54.4 Å². The summed E-state index contributed by atoms with van der Waals surface area (Å²) in [6.45, 7) is 1.95. The van der Waals surface area contributed by atoms with Crippen LogP contribution < -0.4 is 10.7 Å². The van der Waals surface area contributed by atoms with Gasteiger partial charge in [-0.15, -0.1) is 0 Å². The first kappa shape index (κ1) is 17.9. The van der Waals surface area contributed by atoms with Crippen LogP contribution in [-0.4, -0.2) is 32.5 Å². The molecule has 2 amide bonds. The second kappa shape index (κ2) is 8.01. The molecule has 2 aromatic rings. The Balaban J connectivity index is 1.61. The lowest BCUT2D eigenvalue weighted by atomic mass is 9.94. The maximum absolute atomic E-state index is 12.1. The topological polar surface area (TPSA) is 101 Å². The van der Waals surface area contributed by atoms with E-state index in [4.69, 9.17) is 0 Å². The van der Waals surface area contributed by atoms with E-state index in [0.717, 1.165) is 11.3 Å². The predicted octanol–water partition coefficient (Wildman–Crippen LogP) is 1.69. The van der Waals surface area contributed by atoms with Gasteiger partial charge in [-0.25, -0.2) is 5.43 Å². The highest BCUT2D eigenvalue weighted by molar-refractivity contribution is 7.85. The average molecular weight is 370 g/mol. The number of amides is 2. The summed E-state index contributed by atoms with van der Waals surface area (Å²) in [5, 5.41) is 6.84. The highest BCUT2D eigenvalue weighted by Gasteiger charge is 2.21. The Morgan fingerprint density at radius 1 is 1.23 bits per heavy atom. The highest BCUT2D eigenvalue weighted by atomic mass is 32.2. The summed E-state index contributed by atoms with van der Waals surface area (Å²) in [7, 11) is -1.41. The molecule has 134 valence electrons. The molecule has 0 fully saturated rings. The molecule has 2 heterocycles. The van der Waals surface area contributed by atoms with Crippen LogP contribution in [-0.2, 0) is 20.4 Å². The van der Waals surface area contributed by atoms with E-state index in [0.29, 0.717) is 17.0 Å². The molecule has 3 rings (SSSR count). The van der Waals surface area contributed by atoms with Crippen molar-refractivity contribution in [3.8, 4) is 0 Å². The summed E-state index contributed by atoms with van der Waals surface area (Å²) < 4.78 is 12.1. The van der Waals surface area contributed by atoms with E-state index in [9.17, 15) is 13.8 Å². The van der Waals surface area contributed by atoms with Gasteiger partial charge in [-0.05, 0) is 29.8 Å². The number of pyridine rings is 1. The molecule has 0 spiro atoms. The van der Waals surface area contributed by atoms with Gasteiger partial charge in [0.05, 0.1) is 16.5 Å². The lowest BCUT2D eigenvalue weighted by molar-refractivity contribution is -0.122. The minimum Gasteiger partial charge on any atom is -0.325 e. The first-order valence-electron chi connectivity index (χ1n) is 8.08. The van der Waals surface area contributed by atoms with Crippen molar-refractivity contribution in [2.24, 2.45) is 11.0 Å². The van der Waals surface area contributed by atoms with Crippen molar-refractivity contribution in [2.45, 2.75) is 18.2 Å².